The predicted molar refractivity (Wildman–Crippen MR) is 87.3 cm³/mol. The molecule has 4 nitrogen and oxygen atoms in total. The van der Waals surface area contributed by atoms with Crippen LogP contribution in [0.25, 0.3) is 0 Å². The van der Waals surface area contributed by atoms with Gasteiger partial charge in [0.1, 0.15) is 0 Å². The van der Waals surface area contributed by atoms with E-state index in [1.807, 2.05) is 29.6 Å². The lowest BCUT2D eigenvalue weighted by Gasteiger charge is -2.06. The zero-order valence-corrected chi connectivity index (χ0v) is 12.9. The third kappa shape index (κ3) is 3.61. The number of amides is 1. The van der Waals surface area contributed by atoms with Crippen LogP contribution in [0.3, 0.4) is 0 Å². The fourth-order valence-corrected chi connectivity index (χ4v) is 2.88. The van der Waals surface area contributed by atoms with Crippen molar-refractivity contribution in [2.75, 3.05) is 17.2 Å². The number of rotatable bonds is 6. The van der Waals surface area contributed by atoms with Gasteiger partial charge in [0, 0.05) is 29.1 Å². The van der Waals surface area contributed by atoms with E-state index in [-0.39, 0.29) is 5.91 Å². The highest BCUT2D eigenvalue weighted by molar-refractivity contribution is 7.14. The van der Waals surface area contributed by atoms with Crippen molar-refractivity contribution in [3.8, 4) is 0 Å². The normalized spacial score (nSPS) is 14.0. The molecular weight excluding hydrogens is 282 g/mol. The highest BCUT2D eigenvalue weighted by Gasteiger charge is 2.26. The number of nitrogens with zero attached hydrogens (tertiary/aromatic N) is 1. The summed E-state index contributed by atoms with van der Waals surface area (Å²) in [5.41, 5.74) is 2.81. The maximum atomic E-state index is 12.2. The molecule has 1 aliphatic rings. The van der Waals surface area contributed by atoms with E-state index in [0.717, 1.165) is 24.3 Å². The highest BCUT2D eigenvalue weighted by atomic mass is 32.1. The summed E-state index contributed by atoms with van der Waals surface area (Å²) in [5.74, 6) is 0.518. The topological polar surface area (TPSA) is 54.0 Å². The minimum absolute atomic E-state index is 0.103. The third-order valence-electron chi connectivity index (χ3n) is 3.46. The number of thiazole rings is 1. The fraction of sp³-hybridized carbons (Fsp3) is 0.375. The van der Waals surface area contributed by atoms with Crippen molar-refractivity contribution >= 4 is 28.1 Å². The number of nitrogens with one attached hydrogen (secondary N) is 2. The number of hydrogen-bond donors (Lipinski definition) is 2. The van der Waals surface area contributed by atoms with Crippen LogP contribution in [0.1, 0.15) is 48.2 Å². The summed E-state index contributed by atoms with van der Waals surface area (Å²) in [6.07, 6.45) is 3.53. The van der Waals surface area contributed by atoms with Gasteiger partial charge in [0.15, 0.2) is 5.13 Å². The molecule has 0 spiro atoms. The fourth-order valence-electron chi connectivity index (χ4n) is 2.09. The van der Waals surface area contributed by atoms with Crippen LogP contribution in [0.5, 0.6) is 0 Å². The van der Waals surface area contributed by atoms with Crippen molar-refractivity contribution in [1.82, 2.24) is 4.98 Å². The van der Waals surface area contributed by atoms with E-state index in [2.05, 4.69) is 22.5 Å². The first-order chi connectivity index (χ1) is 10.3. The molecule has 3 rings (SSSR count). The van der Waals surface area contributed by atoms with Gasteiger partial charge in [-0.3, -0.25) is 10.1 Å². The first kappa shape index (κ1) is 14.1. The van der Waals surface area contributed by atoms with Crippen molar-refractivity contribution < 1.29 is 4.79 Å². The molecule has 0 radical (unpaired) electrons. The van der Waals surface area contributed by atoms with E-state index in [0.29, 0.717) is 16.6 Å². The molecule has 5 heteroatoms. The van der Waals surface area contributed by atoms with Gasteiger partial charge in [-0.2, -0.15) is 0 Å². The molecule has 1 aliphatic carbocycles. The van der Waals surface area contributed by atoms with E-state index in [1.165, 1.54) is 24.2 Å². The molecule has 21 heavy (non-hydrogen) atoms. The number of hydrogen-bond acceptors (Lipinski definition) is 4. The quantitative estimate of drug-likeness (QED) is 0.844. The molecule has 1 aromatic carbocycles. The van der Waals surface area contributed by atoms with Gasteiger partial charge in [0.2, 0.25) is 0 Å². The molecule has 0 bridgehead atoms. The Bertz CT molecular complexity index is 617. The minimum Gasteiger partial charge on any atom is -0.385 e. The highest BCUT2D eigenvalue weighted by Crippen LogP contribution is 2.40. The molecule has 110 valence electrons. The summed E-state index contributed by atoms with van der Waals surface area (Å²) < 4.78 is 0. The lowest BCUT2D eigenvalue weighted by Crippen LogP contribution is -2.11. The number of benzene rings is 1. The first-order valence-corrected chi connectivity index (χ1v) is 8.25. The number of anilines is 2. The molecule has 1 amide bonds. The molecule has 0 saturated heterocycles. The summed E-state index contributed by atoms with van der Waals surface area (Å²) >= 11 is 1.50. The summed E-state index contributed by atoms with van der Waals surface area (Å²) in [6.45, 7) is 3.06. The Labute approximate surface area is 128 Å². The van der Waals surface area contributed by atoms with Crippen molar-refractivity contribution in [1.29, 1.82) is 0 Å². The lowest BCUT2D eigenvalue weighted by atomic mass is 10.2. The molecule has 0 atom stereocenters. The predicted octanol–water partition coefficient (Wildman–Crippen LogP) is 4.09. The van der Waals surface area contributed by atoms with Crippen LogP contribution in [0.15, 0.2) is 29.6 Å². The number of carbonyl (C=O) groups is 1. The standard InChI is InChI=1S/C16H19N3OS/c1-2-9-17-13-7-5-12(6-8-13)15(20)19-16-18-14(10-21-16)11-3-4-11/h5-8,10-11,17H,2-4,9H2,1H3,(H,18,19,20). The van der Waals surface area contributed by atoms with E-state index >= 15 is 0 Å². The summed E-state index contributed by atoms with van der Waals surface area (Å²) in [6, 6.07) is 7.54. The van der Waals surface area contributed by atoms with Gasteiger partial charge < -0.3 is 5.32 Å². The molecular formula is C16H19N3OS. The molecule has 0 unspecified atom stereocenters. The molecule has 1 fully saturated rings. The molecule has 2 N–H and O–H groups in total. The third-order valence-corrected chi connectivity index (χ3v) is 4.24. The number of aromatic nitrogens is 1. The Morgan fingerprint density at radius 2 is 2.10 bits per heavy atom. The molecule has 1 saturated carbocycles. The maximum Gasteiger partial charge on any atom is 0.257 e. The largest absolute Gasteiger partial charge is 0.385 e. The van der Waals surface area contributed by atoms with Gasteiger partial charge in [-0.05, 0) is 43.5 Å². The smallest absolute Gasteiger partial charge is 0.257 e. The van der Waals surface area contributed by atoms with Crippen LogP contribution < -0.4 is 10.6 Å². The summed E-state index contributed by atoms with van der Waals surface area (Å²) in [4.78, 5) is 16.6. The monoisotopic (exact) mass is 301 g/mol. The van der Waals surface area contributed by atoms with Crippen molar-refractivity contribution in [3.05, 3.63) is 40.9 Å². The van der Waals surface area contributed by atoms with E-state index < -0.39 is 0 Å². The maximum absolute atomic E-state index is 12.2. The van der Waals surface area contributed by atoms with Gasteiger partial charge in [-0.15, -0.1) is 11.3 Å². The molecule has 1 aromatic heterocycles. The molecule has 2 aromatic rings. The van der Waals surface area contributed by atoms with Gasteiger partial charge in [0.05, 0.1) is 5.69 Å². The Morgan fingerprint density at radius 1 is 1.33 bits per heavy atom. The number of carbonyl (C=O) groups excluding carboxylic acids is 1. The Morgan fingerprint density at radius 3 is 2.76 bits per heavy atom. The second-order valence-corrected chi connectivity index (χ2v) is 6.17. The minimum atomic E-state index is -0.103. The molecule has 1 heterocycles. The first-order valence-electron chi connectivity index (χ1n) is 7.37. The van der Waals surface area contributed by atoms with Crippen molar-refractivity contribution in [3.63, 3.8) is 0 Å². The van der Waals surface area contributed by atoms with Crippen molar-refractivity contribution in [2.24, 2.45) is 0 Å². The molecule has 0 aliphatic heterocycles. The van der Waals surface area contributed by atoms with Crippen LogP contribution in [-0.4, -0.2) is 17.4 Å². The van der Waals surface area contributed by atoms with Crippen LogP contribution in [0, 0.1) is 0 Å². The van der Waals surface area contributed by atoms with Crippen LogP contribution in [-0.2, 0) is 0 Å². The average Bonchev–Trinajstić information content (AvgIpc) is 3.26. The SMILES string of the molecule is CCCNc1ccc(C(=O)Nc2nc(C3CC3)cs2)cc1. The Balaban J connectivity index is 1.61. The second-order valence-electron chi connectivity index (χ2n) is 5.31. The van der Waals surface area contributed by atoms with E-state index in [9.17, 15) is 4.79 Å². The van der Waals surface area contributed by atoms with Crippen molar-refractivity contribution in [2.45, 2.75) is 32.1 Å². The van der Waals surface area contributed by atoms with Gasteiger partial charge in [-0.1, -0.05) is 6.92 Å². The average molecular weight is 301 g/mol. The summed E-state index contributed by atoms with van der Waals surface area (Å²) in [7, 11) is 0. The van der Waals surface area contributed by atoms with Crippen LogP contribution >= 0.6 is 11.3 Å². The van der Waals surface area contributed by atoms with Crippen LogP contribution in [0.4, 0.5) is 10.8 Å². The second kappa shape index (κ2) is 6.26. The summed E-state index contributed by atoms with van der Waals surface area (Å²) in [5, 5.41) is 8.90. The van der Waals surface area contributed by atoms with Gasteiger partial charge >= 0.3 is 0 Å². The van der Waals surface area contributed by atoms with Crippen LogP contribution in [0.2, 0.25) is 0 Å². The van der Waals surface area contributed by atoms with E-state index in [1.54, 1.807) is 0 Å². The zero-order valence-electron chi connectivity index (χ0n) is 12.1. The Hall–Kier alpha value is -1.88. The van der Waals surface area contributed by atoms with E-state index in [4.69, 9.17) is 0 Å². The lowest BCUT2D eigenvalue weighted by molar-refractivity contribution is 0.102. The van der Waals surface area contributed by atoms with Gasteiger partial charge in [0.25, 0.3) is 5.91 Å². The zero-order chi connectivity index (χ0) is 14.7. The Kier molecular flexibility index (Phi) is 4.20. The van der Waals surface area contributed by atoms with Gasteiger partial charge in [-0.25, -0.2) is 4.98 Å².